The maximum atomic E-state index is 6.83. The van der Waals surface area contributed by atoms with Gasteiger partial charge in [0.05, 0.1) is 64.1 Å². The van der Waals surface area contributed by atoms with Crippen molar-refractivity contribution in [1.82, 2.24) is 24.5 Å². The summed E-state index contributed by atoms with van der Waals surface area (Å²) in [6.45, 7) is 2.09. The first-order chi connectivity index (χ1) is 15.7. The summed E-state index contributed by atoms with van der Waals surface area (Å²) in [5.41, 5.74) is 5.42. The van der Waals surface area contributed by atoms with Crippen molar-refractivity contribution < 1.29 is 0 Å². The average Bonchev–Trinajstić information content (AvgIpc) is 3.29. The standard InChI is InChI=1S/C23H22ClN7S/c24-18-5-14-7-27-31(17-8-26-29(11-17)16-2-3-16)19(14)6-20(18)28-10-15-1-4-21-23(15,12-28)30(21)22-9-25-13-32-22/h5-9,11,13,15-16,21H,1-4,10,12H2. The van der Waals surface area contributed by atoms with Crippen molar-refractivity contribution in [3.05, 3.63) is 47.5 Å². The minimum Gasteiger partial charge on any atom is -0.367 e. The number of benzene rings is 1. The Hall–Kier alpha value is -2.58. The average molecular weight is 464 g/mol. The highest BCUT2D eigenvalue weighted by molar-refractivity contribution is 7.13. The quantitative estimate of drug-likeness (QED) is 0.416. The normalized spacial score (nSPS) is 28.5. The van der Waals surface area contributed by atoms with Crippen LogP contribution in [0, 0.1) is 5.92 Å². The first kappa shape index (κ1) is 17.9. The second-order valence-corrected chi connectivity index (χ2v) is 11.0. The smallest absolute Gasteiger partial charge is 0.112 e. The number of hydrogen-bond donors (Lipinski definition) is 0. The lowest BCUT2D eigenvalue weighted by Crippen LogP contribution is -2.28. The summed E-state index contributed by atoms with van der Waals surface area (Å²) < 4.78 is 4.07. The fourth-order valence-electron chi connectivity index (χ4n) is 6.39. The van der Waals surface area contributed by atoms with E-state index >= 15 is 0 Å². The molecule has 0 radical (unpaired) electrons. The van der Waals surface area contributed by atoms with Gasteiger partial charge >= 0.3 is 0 Å². The molecule has 3 aromatic heterocycles. The Bertz CT molecular complexity index is 1360. The SMILES string of the molecule is Clc1cc2cnn(-c3cnn(C4CC4)c3)c2cc1N1CC2CCC3N(c4cncs4)C23C1. The Labute approximate surface area is 194 Å². The van der Waals surface area contributed by atoms with Gasteiger partial charge in [0.2, 0.25) is 0 Å². The third-order valence-corrected chi connectivity index (χ3v) is 9.11. The summed E-state index contributed by atoms with van der Waals surface area (Å²) in [4.78, 5) is 9.45. The number of fused-ring (bicyclic) bond motifs is 1. The van der Waals surface area contributed by atoms with Crippen molar-refractivity contribution in [2.75, 3.05) is 22.9 Å². The number of hydrogen-bond acceptors (Lipinski definition) is 6. The number of nitrogens with zero attached hydrogens (tertiary/aromatic N) is 7. The van der Waals surface area contributed by atoms with Gasteiger partial charge in [-0.05, 0) is 37.8 Å². The van der Waals surface area contributed by atoms with E-state index in [4.69, 9.17) is 11.6 Å². The number of thiazole rings is 1. The van der Waals surface area contributed by atoms with Gasteiger partial charge in [0.25, 0.3) is 0 Å². The van der Waals surface area contributed by atoms with Crippen LogP contribution in [-0.4, -0.2) is 49.2 Å². The third kappa shape index (κ3) is 2.29. The van der Waals surface area contributed by atoms with E-state index in [9.17, 15) is 0 Å². The molecule has 9 heteroatoms. The second-order valence-electron chi connectivity index (χ2n) is 9.70. The number of aromatic nitrogens is 5. The Balaban J connectivity index is 1.16. The third-order valence-electron chi connectivity index (χ3n) is 8.04. The monoisotopic (exact) mass is 463 g/mol. The van der Waals surface area contributed by atoms with Crippen LogP contribution < -0.4 is 9.80 Å². The van der Waals surface area contributed by atoms with Crippen LogP contribution in [-0.2, 0) is 0 Å². The summed E-state index contributed by atoms with van der Waals surface area (Å²) in [5, 5.41) is 12.4. The maximum Gasteiger partial charge on any atom is 0.112 e. The number of halogens is 1. The number of rotatable bonds is 4. The van der Waals surface area contributed by atoms with E-state index in [2.05, 4.69) is 48.0 Å². The van der Waals surface area contributed by atoms with Gasteiger partial charge in [0.1, 0.15) is 10.7 Å². The molecule has 3 atom stereocenters. The van der Waals surface area contributed by atoms with Crippen LogP contribution >= 0.6 is 22.9 Å². The van der Waals surface area contributed by atoms with Gasteiger partial charge in [-0.1, -0.05) is 11.6 Å². The summed E-state index contributed by atoms with van der Waals surface area (Å²) in [6.07, 6.45) is 13.0. The summed E-state index contributed by atoms with van der Waals surface area (Å²) in [5.74, 6) is 0.683. The lowest BCUT2D eigenvalue weighted by molar-refractivity contribution is 0.515. The minimum absolute atomic E-state index is 0.260. The Morgan fingerprint density at radius 2 is 2.00 bits per heavy atom. The van der Waals surface area contributed by atoms with Crippen LogP contribution in [0.2, 0.25) is 5.02 Å². The topological polar surface area (TPSA) is 54.8 Å². The van der Waals surface area contributed by atoms with Gasteiger partial charge in [-0.25, -0.2) is 4.68 Å². The molecule has 3 unspecified atom stereocenters. The van der Waals surface area contributed by atoms with Crippen molar-refractivity contribution in [2.24, 2.45) is 5.92 Å². The van der Waals surface area contributed by atoms with Crippen molar-refractivity contribution in [2.45, 2.75) is 43.3 Å². The molecule has 4 fully saturated rings. The second kappa shape index (κ2) is 6.05. The molecule has 2 aliphatic carbocycles. The van der Waals surface area contributed by atoms with E-state index in [1.165, 1.54) is 30.7 Å². The predicted octanol–water partition coefficient (Wildman–Crippen LogP) is 4.52. The van der Waals surface area contributed by atoms with Crippen LogP contribution in [0.15, 0.2) is 42.4 Å². The zero-order chi connectivity index (χ0) is 21.0. The lowest BCUT2D eigenvalue weighted by Gasteiger charge is -2.21. The molecule has 8 rings (SSSR count). The summed E-state index contributed by atoms with van der Waals surface area (Å²) >= 11 is 8.58. The van der Waals surface area contributed by atoms with E-state index in [1.807, 2.05) is 28.8 Å². The Kier molecular flexibility index (Phi) is 3.39. The fourth-order valence-corrected chi connectivity index (χ4v) is 7.45. The molecule has 2 saturated heterocycles. The predicted molar refractivity (Wildman–Crippen MR) is 126 cm³/mol. The van der Waals surface area contributed by atoms with Gasteiger partial charge in [0.15, 0.2) is 0 Å². The molecule has 4 aliphatic rings. The van der Waals surface area contributed by atoms with Crippen molar-refractivity contribution >= 4 is 44.5 Å². The van der Waals surface area contributed by atoms with Crippen molar-refractivity contribution in [3.63, 3.8) is 0 Å². The first-order valence-corrected chi connectivity index (χ1v) is 12.6. The largest absolute Gasteiger partial charge is 0.367 e. The van der Waals surface area contributed by atoms with Crippen LogP contribution in [0.4, 0.5) is 10.7 Å². The zero-order valence-corrected chi connectivity index (χ0v) is 19.0. The highest BCUT2D eigenvalue weighted by Crippen LogP contribution is 2.62. The molecular weight excluding hydrogens is 442 g/mol. The molecule has 1 spiro atoms. The molecule has 2 aliphatic heterocycles. The molecule has 32 heavy (non-hydrogen) atoms. The van der Waals surface area contributed by atoms with Crippen LogP contribution in [0.3, 0.4) is 0 Å². The summed E-state index contributed by atoms with van der Waals surface area (Å²) in [7, 11) is 0. The molecule has 0 N–H and O–H groups in total. The van der Waals surface area contributed by atoms with E-state index < -0.39 is 0 Å². The van der Waals surface area contributed by atoms with Crippen molar-refractivity contribution in [1.29, 1.82) is 0 Å². The minimum atomic E-state index is 0.260. The molecule has 0 bridgehead atoms. The van der Waals surface area contributed by atoms with Gasteiger partial charge in [-0.3, -0.25) is 9.67 Å². The number of piperidine rings is 1. The number of anilines is 2. The van der Waals surface area contributed by atoms with Gasteiger partial charge in [0, 0.05) is 24.4 Å². The van der Waals surface area contributed by atoms with Crippen LogP contribution in [0.5, 0.6) is 0 Å². The van der Waals surface area contributed by atoms with Gasteiger partial charge < -0.3 is 9.80 Å². The van der Waals surface area contributed by atoms with Gasteiger partial charge in [-0.2, -0.15) is 10.2 Å². The Morgan fingerprint density at radius 1 is 1.06 bits per heavy atom. The molecule has 0 amide bonds. The van der Waals surface area contributed by atoms with E-state index in [1.54, 1.807) is 11.3 Å². The van der Waals surface area contributed by atoms with Crippen LogP contribution in [0.25, 0.3) is 16.6 Å². The Morgan fingerprint density at radius 3 is 2.84 bits per heavy atom. The van der Waals surface area contributed by atoms with Crippen molar-refractivity contribution in [3.8, 4) is 5.69 Å². The van der Waals surface area contributed by atoms with Crippen LogP contribution in [0.1, 0.15) is 31.7 Å². The maximum absolute atomic E-state index is 6.83. The van der Waals surface area contributed by atoms with E-state index in [0.29, 0.717) is 18.0 Å². The molecule has 4 aromatic rings. The molecule has 2 saturated carbocycles. The zero-order valence-electron chi connectivity index (χ0n) is 17.4. The van der Waals surface area contributed by atoms with Gasteiger partial charge in [-0.15, -0.1) is 11.3 Å². The van der Waals surface area contributed by atoms with E-state index in [-0.39, 0.29) is 5.54 Å². The molecule has 5 heterocycles. The summed E-state index contributed by atoms with van der Waals surface area (Å²) in [6, 6.07) is 5.51. The fraction of sp³-hybridized carbons (Fsp3) is 0.435. The first-order valence-electron chi connectivity index (χ1n) is 11.4. The molecular formula is C23H22ClN7S. The highest BCUT2D eigenvalue weighted by atomic mass is 35.5. The highest BCUT2D eigenvalue weighted by Gasteiger charge is 2.73. The molecule has 7 nitrogen and oxygen atoms in total. The lowest BCUT2D eigenvalue weighted by atomic mass is 9.98. The molecule has 162 valence electrons. The molecule has 1 aromatic carbocycles. The van der Waals surface area contributed by atoms with E-state index in [0.717, 1.165) is 40.4 Å².